The number of hydrogen-bond donors (Lipinski definition) is 1. The first kappa shape index (κ1) is 17.9. The number of nitrogens with zero attached hydrogens (tertiary/aromatic N) is 1. The van der Waals surface area contributed by atoms with E-state index in [2.05, 4.69) is 5.32 Å². The molecule has 1 fully saturated rings. The molecule has 1 aliphatic rings. The molecule has 0 aliphatic carbocycles. The van der Waals surface area contributed by atoms with Crippen LogP contribution in [0, 0.1) is 6.92 Å². The Bertz CT molecular complexity index is 883. The summed E-state index contributed by atoms with van der Waals surface area (Å²) in [6, 6.07) is 12.6. The average Bonchev–Trinajstić information content (AvgIpc) is 2.84. The fraction of sp³-hybridized carbons (Fsp3) is 0.111. The number of halogens is 2. The smallest absolute Gasteiger partial charge is 0.295 e. The summed E-state index contributed by atoms with van der Waals surface area (Å²) < 4.78 is 0. The van der Waals surface area contributed by atoms with Crippen LogP contribution < -0.4 is 5.32 Å². The van der Waals surface area contributed by atoms with Crippen LogP contribution >= 0.6 is 35.0 Å². The lowest BCUT2D eigenvalue weighted by atomic mass is 10.2. The maximum absolute atomic E-state index is 12.5. The standard InChI is InChI=1S/C18H14Cl2N2O2S/c1-11-6-7-13(19)9-15(11)21-10-22-17(23)16(25-18(22)24)8-12-4-2-3-5-14(12)20/h2-9,21H,10H2,1H3/b16-8+. The molecule has 25 heavy (non-hydrogen) atoms. The summed E-state index contributed by atoms with van der Waals surface area (Å²) in [6.07, 6.45) is 1.64. The molecule has 0 spiro atoms. The molecule has 0 radical (unpaired) electrons. The Labute approximate surface area is 159 Å². The molecule has 2 amide bonds. The van der Waals surface area contributed by atoms with Crippen molar-refractivity contribution in [2.45, 2.75) is 6.92 Å². The van der Waals surface area contributed by atoms with Gasteiger partial charge < -0.3 is 5.32 Å². The molecule has 7 heteroatoms. The highest BCUT2D eigenvalue weighted by atomic mass is 35.5. The molecular formula is C18H14Cl2N2O2S. The van der Waals surface area contributed by atoms with Gasteiger partial charge in [0.15, 0.2) is 0 Å². The summed E-state index contributed by atoms with van der Waals surface area (Å²) in [5.74, 6) is -0.345. The number of amides is 2. The van der Waals surface area contributed by atoms with E-state index in [9.17, 15) is 9.59 Å². The lowest BCUT2D eigenvalue weighted by Gasteiger charge is -2.16. The van der Waals surface area contributed by atoms with E-state index in [0.29, 0.717) is 20.5 Å². The van der Waals surface area contributed by atoms with Crippen molar-refractivity contribution in [2.75, 3.05) is 12.0 Å². The molecule has 0 saturated carbocycles. The number of aryl methyl sites for hydroxylation is 1. The Hall–Kier alpha value is -1.95. The summed E-state index contributed by atoms with van der Waals surface area (Å²) in [4.78, 5) is 26.2. The van der Waals surface area contributed by atoms with Crippen molar-refractivity contribution in [1.29, 1.82) is 0 Å². The van der Waals surface area contributed by atoms with Gasteiger partial charge in [-0.1, -0.05) is 47.5 Å². The van der Waals surface area contributed by atoms with Crippen LogP contribution in [0.15, 0.2) is 47.4 Å². The fourth-order valence-corrected chi connectivity index (χ4v) is 3.51. The van der Waals surface area contributed by atoms with E-state index < -0.39 is 0 Å². The third-order valence-electron chi connectivity index (χ3n) is 3.69. The second kappa shape index (κ2) is 7.52. The van der Waals surface area contributed by atoms with E-state index >= 15 is 0 Å². The van der Waals surface area contributed by atoms with E-state index in [1.54, 1.807) is 30.3 Å². The summed E-state index contributed by atoms with van der Waals surface area (Å²) >= 11 is 13.0. The lowest BCUT2D eigenvalue weighted by Crippen LogP contribution is -2.33. The molecule has 1 aliphatic heterocycles. The molecule has 1 saturated heterocycles. The van der Waals surface area contributed by atoms with Crippen molar-refractivity contribution in [3.05, 3.63) is 68.5 Å². The normalized spacial score (nSPS) is 16.0. The van der Waals surface area contributed by atoms with E-state index in [0.717, 1.165) is 27.9 Å². The van der Waals surface area contributed by atoms with E-state index in [1.165, 1.54) is 0 Å². The lowest BCUT2D eigenvalue weighted by molar-refractivity contribution is -0.122. The Morgan fingerprint density at radius 3 is 2.68 bits per heavy atom. The Kier molecular flexibility index (Phi) is 5.37. The van der Waals surface area contributed by atoms with Crippen LogP contribution in [-0.2, 0) is 4.79 Å². The minimum absolute atomic E-state index is 0.0751. The highest BCUT2D eigenvalue weighted by Crippen LogP contribution is 2.33. The number of carbonyl (C=O) groups is 2. The van der Waals surface area contributed by atoms with Gasteiger partial charge in [-0.3, -0.25) is 14.5 Å². The van der Waals surface area contributed by atoms with E-state index in [1.807, 2.05) is 25.1 Å². The topological polar surface area (TPSA) is 49.4 Å². The zero-order chi connectivity index (χ0) is 18.0. The molecule has 0 aromatic heterocycles. The second-order valence-electron chi connectivity index (χ2n) is 5.43. The van der Waals surface area contributed by atoms with Gasteiger partial charge in [-0.15, -0.1) is 0 Å². The number of thioether (sulfide) groups is 1. The van der Waals surface area contributed by atoms with Crippen LogP contribution in [0.4, 0.5) is 10.5 Å². The first-order valence-electron chi connectivity index (χ1n) is 7.45. The van der Waals surface area contributed by atoms with Gasteiger partial charge in [-0.05, 0) is 54.1 Å². The first-order chi connectivity index (χ1) is 12.0. The third-order valence-corrected chi connectivity index (χ3v) is 5.18. The molecule has 1 N–H and O–H groups in total. The Balaban J connectivity index is 1.76. The maximum Gasteiger partial charge on any atom is 0.295 e. The number of hydrogen-bond acceptors (Lipinski definition) is 4. The molecule has 0 unspecified atom stereocenters. The van der Waals surface area contributed by atoms with Crippen LogP contribution in [0.3, 0.4) is 0 Å². The Morgan fingerprint density at radius 2 is 1.92 bits per heavy atom. The molecule has 4 nitrogen and oxygen atoms in total. The molecule has 3 rings (SSSR count). The highest BCUT2D eigenvalue weighted by molar-refractivity contribution is 8.18. The summed E-state index contributed by atoms with van der Waals surface area (Å²) in [5, 5.41) is 3.88. The number of rotatable bonds is 4. The average molecular weight is 393 g/mol. The van der Waals surface area contributed by atoms with Crippen LogP contribution in [0.25, 0.3) is 6.08 Å². The largest absolute Gasteiger partial charge is 0.367 e. The monoisotopic (exact) mass is 392 g/mol. The van der Waals surface area contributed by atoms with E-state index in [-0.39, 0.29) is 17.8 Å². The van der Waals surface area contributed by atoms with E-state index in [4.69, 9.17) is 23.2 Å². The van der Waals surface area contributed by atoms with Crippen molar-refractivity contribution in [2.24, 2.45) is 0 Å². The SMILES string of the molecule is Cc1ccc(Cl)cc1NCN1C(=O)S/C(=C/c2ccccc2Cl)C1=O. The molecule has 2 aromatic carbocycles. The minimum Gasteiger partial charge on any atom is -0.367 e. The van der Waals surface area contributed by atoms with Crippen LogP contribution in [0.1, 0.15) is 11.1 Å². The van der Waals surface area contributed by atoms with Crippen molar-refractivity contribution >= 4 is 57.9 Å². The molecule has 2 aromatic rings. The van der Waals surface area contributed by atoms with Crippen molar-refractivity contribution in [1.82, 2.24) is 4.90 Å². The van der Waals surface area contributed by atoms with Crippen molar-refractivity contribution in [3.8, 4) is 0 Å². The van der Waals surface area contributed by atoms with Gasteiger partial charge in [-0.25, -0.2) is 0 Å². The zero-order valence-electron chi connectivity index (χ0n) is 13.3. The summed E-state index contributed by atoms with van der Waals surface area (Å²) in [7, 11) is 0. The van der Waals surface area contributed by atoms with Crippen molar-refractivity contribution in [3.63, 3.8) is 0 Å². The van der Waals surface area contributed by atoms with Gasteiger partial charge in [-0.2, -0.15) is 0 Å². The predicted octanol–water partition coefficient (Wildman–Crippen LogP) is 5.41. The van der Waals surface area contributed by atoms with Gasteiger partial charge >= 0.3 is 0 Å². The fourth-order valence-electron chi connectivity index (χ4n) is 2.32. The third kappa shape index (κ3) is 4.00. The molecule has 1 heterocycles. The maximum atomic E-state index is 12.5. The minimum atomic E-state index is -0.345. The van der Waals surface area contributed by atoms with Gasteiger partial charge in [0.25, 0.3) is 11.1 Å². The highest BCUT2D eigenvalue weighted by Gasteiger charge is 2.35. The molecule has 0 atom stereocenters. The van der Waals surface area contributed by atoms with Gasteiger partial charge in [0.05, 0.1) is 11.6 Å². The van der Waals surface area contributed by atoms with Crippen LogP contribution in [0.2, 0.25) is 10.0 Å². The van der Waals surface area contributed by atoms with Crippen LogP contribution in [-0.4, -0.2) is 22.7 Å². The number of imide groups is 1. The number of carbonyl (C=O) groups excluding carboxylic acids is 2. The molecule has 128 valence electrons. The zero-order valence-corrected chi connectivity index (χ0v) is 15.6. The summed E-state index contributed by atoms with van der Waals surface area (Å²) in [6.45, 7) is 2.00. The predicted molar refractivity (Wildman–Crippen MR) is 104 cm³/mol. The first-order valence-corrected chi connectivity index (χ1v) is 9.03. The Morgan fingerprint density at radius 1 is 1.16 bits per heavy atom. The number of anilines is 1. The second-order valence-corrected chi connectivity index (χ2v) is 7.26. The summed E-state index contributed by atoms with van der Waals surface area (Å²) in [5.41, 5.74) is 2.46. The van der Waals surface area contributed by atoms with Gasteiger partial charge in [0, 0.05) is 15.7 Å². The van der Waals surface area contributed by atoms with Gasteiger partial charge in [0.2, 0.25) is 0 Å². The van der Waals surface area contributed by atoms with Crippen molar-refractivity contribution < 1.29 is 9.59 Å². The number of nitrogens with one attached hydrogen (secondary N) is 1. The van der Waals surface area contributed by atoms with Gasteiger partial charge in [0.1, 0.15) is 0 Å². The molecular weight excluding hydrogens is 379 g/mol. The number of benzene rings is 2. The molecule has 0 bridgehead atoms. The van der Waals surface area contributed by atoms with Crippen LogP contribution in [0.5, 0.6) is 0 Å². The quantitative estimate of drug-likeness (QED) is 0.706.